The summed E-state index contributed by atoms with van der Waals surface area (Å²) < 4.78 is 2.15. The topological polar surface area (TPSA) is 99.3 Å². The van der Waals surface area contributed by atoms with Crippen LogP contribution in [0.1, 0.15) is 52.2 Å². The molecule has 7 heteroatoms. The number of hydrogen-bond acceptors (Lipinski definition) is 4. The van der Waals surface area contributed by atoms with Gasteiger partial charge in [0.25, 0.3) is 11.8 Å². The number of para-hydroxylation sites is 1. The zero-order chi connectivity index (χ0) is 27.2. The lowest BCUT2D eigenvalue weighted by atomic mass is 10.0. The second-order valence-electron chi connectivity index (χ2n) is 9.67. The van der Waals surface area contributed by atoms with E-state index in [9.17, 15) is 14.9 Å². The molecule has 38 heavy (non-hydrogen) atoms. The molecule has 0 saturated carbocycles. The predicted molar refractivity (Wildman–Crippen MR) is 150 cm³/mol. The maximum absolute atomic E-state index is 13.0. The molecule has 2 N–H and O–H groups in total. The van der Waals surface area contributed by atoms with E-state index in [1.807, 2.05) is 88.4 Å². The van der Waals surface area contributed by atoms with Crippen molar-refractivity contribution in [2.45, 2.75) is 40.3 Å². The van der Waals surface area contributed by atoms with Gasteiger partial charge in [0.2, 0.25) is 0 Å². The minimum absolute atomic E-state index is 0.136. The molecule has 192 valence electrons. The number of carbonyl (C=O) groups is 2. The quantitative estimate of drug-likeness (QED) is 0.258. The molecule has 0 radical (unpaired) electrons. The van der Waals surface area contributed by atoms with Crippen LogP contribution >= 0.6 is 0 Å². The van der Waals surface area contributed by atoms with Gasteiger partial charge in [-0.25, -0.2) is 5.43 Å². The van der Waals surface area contributed by atoms with Crippen LogP contribution < -0.4 is 10.7 Å². The molecule has 4 rings (SSSR count). The van der Waals surface area contributed by atoms with E-state index >= 15 is 0 Å². The first-order valence-electron chi connectivity index (χ1n) is 12.6. The van der Waals surface area contributed by atoms with Crippen LogP contribution in [0, 0.1) is 31.1 Å². The Balaban J connectivity index is 1.55. The third-order valence-corrected chi connectivity index (χ3v) is 6.66. The number of aryl methyl sites for hydroxylation is 1. The maximum Gasteiger partial charge on any atom is 0.262 e. The van der Waals surface area contributed by atoms with Gasteiger partial charge in [0.05, 0.1) is 17.8 Å². The molecule has 7 nitrogen and oxygen atoms in total. The zero-order valence-electron chi connectivity index (χ0n) is 22.0. The number of rotatable bonds is 8. The Morgan fingerprint density at radius 1 is 1.00 bits per heavy atom. The number of amides is 2. The Kier molecular flexibility index (Phi) is 8.03. The second-order valence-corrected chi connectivity index (χ2v) is 9.67. The van der Waals surface area contributed by atoms with Gasteiger partial charge in [-0.3, -0.25) is 9.59 Å². The lowest BCUT2D eigenvalue weighted by Crippen LogP contribution is -2.48. The van der Waals surface area contributed by atoms with Crippen LogP contribution in [0.25, 0.3) is 10.9 Å². The highest BCUT2D eigenvalue weighted by Crippen LogP contribution is 2.26. The maximum atomic E-state index is 13.0. The minimum Gasteiger partial charge on any atom is -0.340 e. The standard InChI is InChI=1S/C31H31N5O2/c1-20(2)29(34-30(37)23-15-13-21(3)14-16-23)31(38)35-33-18-27-22(4)36(28-12-8-7-11-26(27)28)19-25-10-6-5-9-24(25)17-32/h5-16,18,20,29H,19H2,1-4H3,(H,34,37)(H,35,38). The van der Waals surface area contributed by atoms with Gasteiger partial charge in [-0.1, -0.05) is 67.9 Å². The molecule has 1 unspecified atom stereocenters. The van der Waals surface area contributed by atoms with Crippen LogP contribution in [0.5, 0.6) is 0 Å². The largest absolute Gasteiger partial charge is 0.340 e. The van der Waals surface area contributed by atoms with Crippen molar-refractivity contribution in [3.63, 3.8) is 0 Å². The first kappa shape index (κ1) is 26.4. The third kappa shape index (κ3) is 5.65. The van der Waals surface area contributed by atoms with Crippen molar-refractivity contribution in [1.29, 1.82) is 5.26 Å². The highest BCUT2D eigenvalue weighted by Gasteiger charge is 2.24. The van der Waals surface area contributed by atoms with Gasteiger partial charge >= 0.3 is 0 Å². The summed E-state index contributed by atoms with van der Waals surface area (Å²) in [6, 6.07) is 24.3. The molecule has 3 aromatic carbocycles. The minimum atomic E-state index is -0.745. The summed E-state index contributed by atoms with van der Waals surface area (Å²) in [4.78, 5) is 25.7. The monoisotopic (exact) mass is 505 g/mol. The molecule has 0 aliphatic heterocycles. The van der Waals surface area contributed by atoms with Gasteiger partial charge in [0, 0.05) is 34.3 Å². The summed E-state index contributed by atoms with van der Waals surface area (Å²) in [6.45, 7) is 8.24. The van der Waals surface area contributed by atoms with E-state index in [4.69, 9.17) is 0 Å². The van der Waals surface area contributed by atoms with E-state index in [-0.39, 0.29) is 17.7 Å². The highest BCUT2D eigenvalue weighted by atomic mass is 16.2. The molecule has 0 bridgehead atoms. The highest BCUT2D eigenvalue weighted by molar-refractivity contribution is 6.02. The molecule has 0 fully saturated rings. The summed E-state index contributed by atoms with van der Waals surface area (Å²) in [6.07, 6.45) is 1.64. The molecule has 4 aromatic rings. The van der Waals surface area contributed by atoms with Crippen LogP contribution in [-0.4, -0.2) is 28.6 Å². The van der Waals surface area contributed by atoms with Gasteiger partial charge in [-0.2, -0.15) is 10.4 Å². The zero-order valence-corrected chi connectivity index (χ0v) is 22.0. The van der Waals surface area contributed by atoms with E-state index in [2.05, 4.69) is 26.5 Å². The molecular formula is C31H31N5O2. The molecule has 0 saturated heterocycles. The van der Waals surface area contributed by atoms with E-state index < -0.39 is 6.04 Å². The molecular weight excluding hydrogens is 474 g/mol. The molecule has 1 atom stereocenters. The van der Waals surface area contributed by atoms with E-state index in [0.29, 0.717) is 17.7 Å². The Hall–Kier alpha value is -4.70. The van der Waals surface area contributed by atoms with Gasteiger partial charge < -0.3 is 9.88 Å². The summed E-state index contributed by atoms with van der Waals surface area (Å²) in [5.74, 6) is -0.830. The third-order valence-electron chi connectivity index (χ3n) is 6.66. The van der Waals surface area contributed by atoms with Crippen LogP contribution in [0.3, 0.4) is 0 Å². The van der Waals surface area contributed by atoms with Crippen molar-refractivity contribution in [3.05, 3.63) is 106 Å². The smallest absolute Gasteiger partial charge is 0.262 e. The molecule has 1 aromatic heterocycles. The van der Waals surface area contributed by atoms with Gasteiger partial charge in [0.15, 0.2) is 0 Å². The number of carbonyl (C=O) groups excluding carboxylic acids is 2. The van der Waals surface area contributed by atoms with Crippen molar-refractivity contribution in [2.24, 2.45) is 11.0 Å². The summed E-state index contributed by atoms with van der Waals surface area (Å²) >= 11 is 0. The van der Waals surface area contributed by atoms with Crippen molar-refractivity contribution >= 4 is 28.9 Å². The normalized spacial score (nSPS) is 12.0. The van der Waals surface area contributed by atoms with Crippen molar-refractivity contribution in [2.75, 3.05) is 0 Å². The average molecular weight is 506 g/mol. The number of nitriles is 1. The van der Waals surface area contributed by atoms with Crippen LogP contribution in [0.15, 0.2) is 77.9 Å². The Morgan fingerprint density at radius 3 is 2.39 bits per heavy atom. The Labute approximate surface area is 222 Å². The fraction of sp³-hybridized carbons (Fsp3) is 0.226. The molecule has 2 amide bonds. The number of aromatic nitrogens is 1. The van der Waals surface area contributed by atoms with Crippen molar-refractivity contribution in [1.82, 2.24) is 15.3 Å². The van der Waals surface area contributed by atoms with Crippen molar-refractivity contribution in [3.8, 4) is 6.07 Å². The van der Waals surface area contributed by atoms with E-state index in [1.54, 1.807) is 18.3 Å². The van der Waals surface area contributed by atoms with Crippen LogP contribution in [0.2, 0.25) is 0 Å². The molecule has 0 spiro atoms. The lowest BCUT2D eigenvalue weighted by Gasteiger charge is -2.20. The number of fused-ring (bicyclic) bond motifs is 1. The molecule has 0 aliphatic rings. The fourth-order valence-electron chi connectivity index (χ4n) is 4.46. The molecule has 1 heterocycles. The van der Waals surface area contributed by atoms with Crippen LogP contribution in [0.4, 0.5) is 0 Å². The molecule has 0 aliphatic carbocycles. The second kappa shape index (κ2) is 11.6. The number of hydrazone groups is 1. The first-order chi connectivity index (χ1) is 18.3. The number of benzene rings is 3. The SMILES string of the molecule is Cc1ccc(C(=O)NC(C(=O)NN=Cc2c(C)n(Cc3ccccc3C#N)c3ccccc23)C(C)C)cc1. The summed E-state index contributed by atoms with van der Waals surface area (Å²) in [5.41, 5.74) is 8.58. The van der Waals surface area contributed by atoms with E-state index in [0.717, 1.165) is 33.3 Å². The number of nitrogens with one attached hydrogen (secondary N) is 2. The predicted octanol–water partition coefficient (Wildman–Crippen LogP) is 5.08. The Morgan fingerprint density at radius 2 is 1.68 bits per heavy atom. The Bertz CT molecular complexity index is 1540. The van der Waals surface area contributed by atoms with Gasteiger partial charge in [-0.15, -0.1) is 0 Å². The summed E-state index contributed by atoms with van der Waals surface area (Å²) in [7, 11) is 0. The van der Waals surface area contributed by atoms with Crippen LogP contribution in [-0.2, 0) is 11.3 Å². The van der Waals surface area contributed by atoms with E-state index in [1.165, 1.54) is 0 Å². The number of nitrogens with zero attached hydrogens (tertiary/aromatic N) is 3. The summed E-state index contributed by atoms with van der Waals surface area (Å²) in [5, 5.41) is 17.6. The average Bonchev–Trinajstić information content (AvgIpc) is 3.18. The van der Waals surface area contributed by atoms with Gasteiger partial charge in [-0.05, 0) is 49.6 Å². The van der Waals surface area contributed by atoms with Gasteiger partial charge in [0.1, 0.15) is 6.04 Å². The number of hydrogen-bond donors (Lipinski definition) is 2. The fourth-order valence-corrected chi connectivity index (χ4v) is 4.46. The lowest BCUT2D eigenvalue weighted by molar-refractivity contribution is -0.123. The van der Waals surface area contributed by atoms with Crippen molar-refractivity contribution < 1.29 is 9.59 Å². The first-order valence-corrected chi connectivity index (χ1v) is 12.6.